The lowest BCUT2D eigenvalue weighted by Gasteiger charge is -2.28. The average Bonchev–Trinajstić information content (AvgIpc) is 2.88. The molecule has 0 saturated heterocycles. The zero-order valence-corrected chi connectivity index (χ0v) is 20.1. The number of carbonyl (C=O) groups excluding carboxylic acids is 1. The molecule has 1 saturated carbocycles. The molecule has 172 valence electrons. The van der Waals surface area contributed by atoms with Crippen LogP contribution in [0.5, 0.6) is 0 Å². The normalized spacial score (nSPS) is 18.1. The van der Waals surface area contributed by atoms with Crippen molar-refractivity contribution >= 4 is 22.5 Å². The Kier molecular flexibility index (Phi) is 6.44. The van der Waals surface area contributed by atoms with Crippen molar-refractivity contribution in [2.75, 3.05) is 5.32 Å². The van der Waals surface area contributed by atoms with Crippen molar-refractivity contribution in [2.24, 2.45) is 5.92 Å². The molecule has 1 aliphatic rings. The zero-order valence-electron chi connectivity index (χ0n) is 20.1. The standard InChI is InChI=1S/C31H32N2O/c1-3-22-9-11-23(12-10-22)24-13-15-25(16-14-24)26-17-18-28-29(19-21(2)32-30(28)20-26)31(34)33-27-7-5-4-6-8-27/h4-8,13-20,22-23H,3,9-12H2,1-2H3,(H,33,34)/p+1. The molecule has 1 aromatic heterocycles. The number of carbonyl (C=O) groups is 1. The van der Waals surface area contributed by atoms with Gasteiger partial charge in [0.1, 0.15) is 0 Å². The van der Waals surface area contributed by atoms with Gasteiger partial charge in [-0.25, -0.2) is 4.98 Å². The van der Waals surface area contributed by atoms with Crippen LogP contribution in [0.3, 0.4) is 0 Å². The fraction of sp³-hybridized carbons (Fsp3) is 0.290. The molecular weight excluding hydrogens is 416 g/mol. The van der Waals surface area contributed by atoms with E-state index in [9.17, 15) is 4.79 Å². The van der Waals surface area contributed by atoms with Crippen LogP contribution in [0.2, 0.25) is 0 Å². The molecule has 1 aliphatic carbocycles. The summed E-state index contributed by atoms with van der Waals surface area (Å²) in [5.41, 5.74) is 7.24. The molecule has 1 heterocycles. The summed E-state index contributed by atoms with van der Waals surface area (Å²) in [7, 11) is 0. The van der Waals surface area contributed by atoms with Gasteiger partial charge < -0.3 is 5.32 Å². The molecule has 2 N–H and O–H groups in total. The molecule has 5 rings (SSSR count). The van der Waals surface area contributed by atoms with Crippen molar-refractivity contribution in [2.45, 2.75) is 51.9 Å². The molecule has 3 nitrogen and oxygen atoms in total. The molecule has 3 aromatic carbocycles. The second kappa shape index (κ2) is 9.80. The highest BCUT2D eigenvalue weighted by Gasteiger charge is 2.21. The topological polar surface area (TPSA) is 43.2 Å². The Morgan fingerprint density at radius 3 is 2.29 bits per heavy atom. The van der Waals surface area contributed by atoms with E-state index in [1.165, 1.54) is 43.2 Å². The second-order valence-corrected chi connectivity index (χ2v) is 9.69. The minimum absolute atomic E-state index is 0.0943. The maximum Gasteiger partial charge on any atom is 0.256 e. The molecule has 34 heavy (non-hydrogen) atoms. The summed E-state index contributed by atoms with van der Waals surface area (Å²) in [5, 5.41) is 3.94. The fourth-order valence-corrected chi connectivity index (χ4v) is 5.36. The second-order valence-electron chi connectivity index (χ2n) is 9.69. The number of aromatic nitrogens is 1. The Balaban J connectivity index is 1.39. The SMILES string of the molecule is CCC1CCC(c2ccc(-c3ccc4c(C(=O)Nc5ccccc5)cc(C)[nH+]c4c3)cc2)CC1. The predicted octanol–water partition coefficient (Wildman–Crippen LogP) is 7.57. The first-order valence-electron chi connectivity index (χ1n) is 12.5. The molecule has 0 aliphatic heterocycles. The Morgan fingerprint density at radius 2 is 1.59 bits per heavy atom. The maximum atomic E-state index is 13.0. The van der Waals surface area contributed by atoms with Gasteiger partial charge in [0.2, 0.25) is 5.52 Å². The third-order valence-electron chi connectivity index (χ3n) is 7.42. The van der Waals surface area contributed by atoms with E-state index in [1.807, 2.05) is 43.3 Å². The van der Waals surface area contributed by atoms with Crippen LogP contribution in [-0.4, -0.2) is 5.91 Å². The third kappa shape index (κ3) is 4.75. The highest BCUT2D eigenvalue weighted by atomic mass is 16.1. The maximum absolute atomic E-state index is 13.0. The monoisotopic (exact) mass is 449 g/mol. The molecule has 1 amide bonds. The predicted molar refractivity (Wildman–Crippen MR) is 140 cm³/mol. The van der Waals surface area contributed by atoms with Crippen molar-refractivity contribution < 1.29 is 9.78 Å². The van der Waals surface area contributed by atoms with Crippen molar-refractivity contribution in [1.82, 2.24) is 0 Å². The Hall–Kier alpha value is -3.46. The van der Waals surface area contributed by atoms with Crippen molar-refractivity contribution in [1.29, 1.82) is 0 Å². The number of hydrogen-bond donors (Lipinski definition) is 1. The minimum Gasteiger partial charge on any atom is -0.322 e. The van der Waals surface area contributed by atoms with Gasteiger partial charge in [-0.1, -0.05) is 61.9 Å². The molecule has 0 atom stereocenters. The smallest absolute Gasteiger partial charge is 0.256 e. The van der Waals surface area contributed by atoms with Crippen LogP contribution >= 0.6 is 0 Å². The number of benzene rings is 3. The lowest BCUT2D eigenvalue weighted by molar-refractivity contribution is -0.354. The molecule has 0 bridgehead atoms. The highest BCUT2D eigenvalue weighted by Crippen LogP contribution is 2.37. The number of rotatable bonds is 5. The summed E-state index contributed by atoms with van der Waals surface area (Å²) in [6.45, 7) is 4.31. The van der Waals surface area contributed by atoms with E-state index in [4.69, 9.17) is 0 Å². The van der Waals surface area contributed by atoms with Crippen LogP contribution in [0, 0.1) is 12.8 Å². The molecule has 0 spiro atoms. The fourth-order valence-electron chi connectivity index (χ4n) is 5.36. The van der Waals surface area contributed by atoms with Crippen molar-refractivity contribution in [3.05, 3.63) is 95.7 Å². The van der Waals surface area contributed by atoms with Gasteiger partial charge in [-0.15, -0.1) is 0 Å². The van der Waals surface area contributed by atoms with E-state index in [-0.39, 0.29) is 5.91 Å². The number of H-pyrrole nitrogens is 1. The highest BCUT2D eigenvalue weighted by molar-refractivity contribution is 6.12. The molecule has 0 radical (unpaired) electrons. The van der Waals surface area contributed by atoms with Gasteiger partial charge in [-0.2, -0.15) is 0 Å². The number of nitrogens with one attached hydrogen (secondary N) is 2. The lowest BCUT2D eigenvalue weighted by atomic mass is 9.77. The summed E-state index contributed by atoms with van der Waals surface area (Å²) in [5.74, 6) is 1.53. The van der Waals surface area contributed by atoms with Gasteiger partial charge in [0, 0.05) is 24.7 Å². The van der Waals surface area contributed by atoms with Crippen LogP contribution in [0.25, 0.3) is 22.0 Å². The summed E-state index contributed by atoms with van der Waals surface area (Å²) < 4.78 is 0. The lowest BCUT2D eigenvalue weighted by Crippen LogP contribution is -2.17. The largest absolute Gasteiger partial charge is 0.322 e. The van der Waals surface area contributed by atoms with Crippen molar-refractivity contribution in [3.63, 3.8) is 0 Å². The summed E-state index contributed by atoms with van der Waals surface area (Å²) in [6.07, 6.45) is 6.68. The Morgan fingerprint density at radius 1 is 0.882 bits per heavy atom. The van der Waals surface area contributed by atoms with Crippen LogP contribution in [-0.2, 0) is 0 Å². The Bertz CT molecular complexity index is 1290. The number of anilines is 1. The van der Waals surface area contributed by atoms with Gasteiger partial charge in [-0.05, 0) is 72.4 Å². The Labute approximate surface area is 202 Å². The van der Waals surface area contributed by atoms with Crippen molar-refractivity contribution in [3.8, 4) is 11.1 Å². The van der Waals surface area contributed by atoms with Crippen LogP contribution in [0.1, 0.15) is 66.6 Å². The molecule has 0 unspecified atom stereocenters. The molecular formula is C31H33N2O+. The van der Waals surface area contributed by atoms with E-state index in [2.05, 4.69) is 59.7 Å². The van der Waals surface area contributed by atoms with E-state index >= 15 is 0 Å². The van der Waals surface area contributed by atoms with E-state index < -0.39 is 0 Å². The third-order valence-corrected chi connectivity index (χ3v) is 7.42. The quantitative estimate of drug-likeness (QED) is 0.335. The van der Waals surface area contributed by atoms with Crippen LogP contribution in [0.15, 0.2) is 78.9 Å². The average molecular weight is 450 g/mol. The summed E-state index contributed by atoms with van der Waals surface area (Å²) in [4.78, 5) is 16.5. The number of para-hydroxylation sites is 1. The van der Waals surface area contributed by atoms with Crippen LogP contribution in [0.4, 0.5) is 5.69 Å². The molecule has 4 aromatic rings. The van der Waals surface area contributed by atoms with E-state index in [1.54, 1.807) is 0 Å². The van der Waals surface area contributed by atoms with Gasteiger partial charge in [0.25, 0.3) is 5.91 Å². The molecule has 3 heteroatoms. The number of pyridine rings is 1. The van der Waals surface area contributed by atoms with Gasteiger partial charge in [-0.3, -0.25) is 4.79 Å². The molecule has 1 fully saturated rings. The number of fused-ring (bicyclic) bond motifs is 1. The first-order chi connectivity index (χ1) is 16.6. The number of hydrogen-bond acceptors (Lipinski definition) is 1. The first kappa shape index (κ1) is 22.3. The summed E-state index contributed by atoms with van der Waals surface area (Å²) >= 11 is 0. The van der Waals surface area contributed by atoms with E-state index in [0.717, 1.165) is 33.8 Å². The van der Waals surface area contributed by atoms with Crippen LogP contribution < -0.4 is 10.3 Å². The number of aromatic amines is 1. The number of aryl methyl sites for hydroxylation is 1. The van der Waals surface area contributed by atoms with Gasteiger partial charge in [0.05, 0.1) is 10.9 Å². The van der Waals surface area contributed by atoms with Gasteiger partial charge in [0.15, 0.2) is 5.69 Å². The minimum atomic E-state index is -0.0943. The van der Waals surface area contributed by atoms with E-state index in [0.29, 0.717) is 11.5 Å². The summed E-state index contributed by atoms with van der Waals surface area (Å²) in [6, 6.07) is 27.0. The first-order valence-corrected chi connectivity index (χ1v) is 12.5. The zero-order chi connectivity index (χ0) is 23.5. The number of amides is 1. The van der Waals surface area contributed by atoms with Gasteiger partial charge >= 0.3 is 0 Å².